The van der Waals surface area contributed by atoms with Crippen LogP contribution in [0.5, 0.6) is 0 Å². The summed E-state index contributed by atoms with van der Waals surface area (Å²) in [6.45, 7) is -0.466. The van der Waals surface area contributed by atoms with E-state index >= 15 is 0 Å². The molecule has 2 heterocycles. The Morgan fingerprint density at radius 2 is 2.24 bits per heavy atom. The van der Waals surface area contributed by atoms with Crippen molar-refractivity contribution in [1.29, 1.82) is 0 Å². The van der Waals surface area contributed by atoms with Gasteiger partial charge >= 0.3 is 0 Å². The minimum atomic E-state index is -1.00. The molecule has 0 radical (unpaired) electrons. The molecule has 25 heavy (non-hydrogen) atoms. The number of fused-ring (bicyclic) bond motifs is 1. The number of hydroxylamine groups is 1. The molecule has 1 atom stereocenters. The number of benzene rings is 1. The van der Waals surface area contributed by atoms with Gasteiger partial charge in [-0.2, -0.15) is 0 Å². The largest absolute Gasteiger partial charge is 0.392 e. The number of nitrogens with one attached hydrogen (secondary N) is 2. The van der Waals surface area contributed by atoms with E-state index in [1.165, 1.54) is 12.1 Å². The summed E-state index contributed by atoms with van der Waals surface area (Å²) in [5.41, 5.74) is 3.60. The van der Waals surface area contributed by atoms with Crippen LogP contribution in [0.4, 0.5) is 10.1 Å². The van der Waals surface area contributed by atoms with Crippen molar-refractivity contribution in [1.82, 2.24) is 14.9 Å². The molecule has 130 valence electrons. The summed E-state index contributed by atoms with van der Waals surface area (Å²) in [6, 6.07) is 7.94. The van der Waals surface area contributed by atoms with Gasteiger partial charge in [0.25, 0.3) is 5.91 Å². The Bertz CT molecular complexity index is 902. The maximum Gasteiger partial charge on any atom is 0.276 e. The van der Waals surface area contributed by atoms with Gasteiger partial charge in [0.05, 0.1) is 35.9 Å². The topological polar surface area (TPSA) is 87.9 Å². The lowest BCUT2D eigenvalue weighted by Crippen LogP contribution is -2.36. The van der Waals surface area contributed by atoms with Crippen molar-refractivity contribution in [3.63, 3.8) is 0 Å². The molecule has 3 N–H and O–H groups in total. The summed E-state index contributed by atoms with van der Waals surface area (Å²) < 4.78 is 16.3. The Morgan fingerprint density at radius 3 is 3.00 bits per heavy atom. The molecule has 0 saturated carbocycles. The number of rotatable bonds is 6. The van der Waals surface area contributed by atoms with Crippen molar-refractivity contribution in [2.24, 2.45) is 0 Å². The van der Waals surface area contributed by atoms with E-state index in [0.717, 1.165) is 9.09 Å². The fourth-order valence-corrected chi connectivity index (χ4v) is 2.58. The van der Waals surface area contributed by atoms with Crippen LogP contribution in [0.1, 0.15) is 10.4 Å². The number of pyridine rings is 1. The molecule has 3 rings (SSSR count). The molecular weight excluding hydrogens is 442 g/mol. The Labute approximate surface area is 155 Å². The first kappa shape index (κ1) is 17.6. The van der Waals surface area contributed by atoms with Crippen LogP contribution in [-0.4, -0.2) is 33.2 Å². The van der Waals surface area contributed by atoms with Gasteiger partial charge in [-0.25, -0.2) is 19.7 Å². The van der Waals surface area contributed by atoms with Crippen LogP contribution >= 0.6 is 22.6 Å². The average molecular weight is 456 g/mol. The predicted octanol–water partition coefficient (Wildman–Crippen LogP) is 2.17. The van der Waals surface area contributed by atoms with E-state index in [0.29, 0.717) is 5.56 Å². The van der Waals surface area contributed by atoms with Crippen molar-refractivity contribution in [3.8, 4) is 0 Å². The second kappa shape index (κ2) is 7.76. The number of hydrogen-bond donors (Lipinski definition) is 3. The van der Waals surface area contributed by atoms with Crippen LogP contribution in [0, 0.1) is 9.39 Å². The first-order valence-corrected chi connectivity index (χ1v) is 8.35. The van der Waals surface area contributed by atoms with Crippen LogP contribution in [0.3, 0.4) is 0 Å². The van der Waals surface area contributed by atoms with Gasteiger partial charge in [-0.1, -0.05) is 0 Å². The van der Waals surface area contributed by atoms with Crippen molar-refractivity contribution in [3.05, 3.63) is 64.0 Å². The minimum absolute atomic E-state index is 0.161. The normalized spacial score (nSPS) is 12.1. The fraction of sp³-hybridized carbons (Fsp3) is 0.125. The molecule has 0 bridgehead atoms. The highest BCUT2D eigenvalue weighted by Crippen LogP contribution is 2.18. The highest BCUT2D eigenvalue weighted by Gasteiger charge is 2.14. The van der Waals surface area contributed by atoms with Gasteiger partial charge in [0, 0.05) is 9.77 Å². The quantitative estimate of drug-likeness (QED) is 0.301. The van der Waals surface area contributed by atoms with Gasteiger partial charge in [0.2, 0.25) is 0 Å². The number of anilines is 1. The lowest BCUT2D eigenvalue weighted by Gasteiger charge is -2.18. The molecule has 1 aromatic carbocycles. The van der Waals surface area contributed by atoms with Crippen molar-refractivity contribution in [2.75, 3.05) is 11.9 Å². The van der Waals surface area contributed by atoms with Gasteiger partial charge < -0.3 is 14.8 Å². The summed E-state index contributed by atoms with van der Waals surface area (Å²) in [5, 5.41) is 12.0. The zero-order valence-corrected chi connectivity index (χ0v) is 15.0. The first-order valence-electron chi connectivity index (χ1n) is 7.27. The summed E-state index contributed by atoms with van der Waals surface area (Å²) in [5.74, 6) is -0.982. The average Bonchev–Trinajstić information content (AvgIpc) is 3.07. The molecule has 2 aromatic heterocycles. The number of amides is 1. The van der Waals surface area contributed by atoms with Crippen molar-refractivity contribution >= 4 is 39.7 Å². The molecule has 1 unspecified atom stereocenters. The molecule has 0 spiro atoms. The summed E-state index contributed by atoms with van der Waals surface area (Å²) >= 11 is 1.99. The van der Waals surface area contributed by atoms with Crippen LogP contribution in [0.15, 0.2) is 49.1 Å². The lowest BCUT2D eigenvalue weighted by atomic mass is 10.2. The van der Waals surface area contributed by atoms with E-state index in [1.807, 2.05) is 22.6 Å². The first-order chi connectivity index (χ1) is 12.1. The van der Waals surface area contributed by atoms with E-state index in [4.69, 9.17) is 4.84 Å². The summed E-state index contributed by atoms with van der Waals surface area (Å²) in [4.78, 5) is 21.2. The molecule has 9 heteroatoms. The summed E-state index contributed by atoms with van der Waals surface area (Å²) in [7, 11) is 0. The predicted molar refractivity (Wildman–Crippen MR) is 97.4 cm³/mol. The number of carbonyl (C=O) groups excluding carboxylic acids is 1. The smallest absolute Gasteiger partial charge is 0.276 e. The standard InChI is InChI=1S/C16H14FIN4O3/c17-13-5-11(18)2-4-14(13)20-15(8-23)25-21-16(24)10-1-3-12-6-19-9-22(12)7-10/h1-7,9,15,20,23H,8H2,(H,21,24). The number of hydrogen-bond acceptors (Lipinski definition) is 5. The Morgan fingerprint density at radius 1 is 1.40 bits per heavy atom. The number of nitrogens with zero attached hydrogens (tertiary/aromatic N) is 2. The third kappa shape index (κ3) is 4.24. The third-order valence-corrected chi connectivity index (χ3v) is 4.05. The van der Waals surface area contributed by atoms with Crippen molar-refractivity contribution < 1.29 is 19.1 Å². The lowest BCUT2D eigenvalue weighted by molar-refractivity contribution is -0.0261. The molecule has 0 aliphatic heterocycles. The van der Waals surface area contributed by atoms with Gasteiger partial charge in [-0.05, 0) is 52.9 Å². The van der Waals surface area contributed by atoms with Crippen LogP contribution in [-0.2, 0) is 4.84 Å². The maximum atomic E-state index is 13.8. The molecule has 0 fully saturated rings. The van der Waals surface area contributed by atoms with E-state index in [2.05, 4.69) is 15.8 Å². The second-order valence-electron chi connectivity index (χ2n) is 5.13. The number of aliphatic hydroxyl groups excluding tert-OH is 1. The highest BCUT2D eigenvalue weighted by atomic mass is 127. The van der Waals surface area contributed by atoms with Crippen LogP contribution in [0.25, 0.3) is 5.52 Å². The third-order valence-electron chi connectivity index (χ3n) is 3.38. The van der Waals surface area contributed by atoms with E-state index in [-0.39, 0.29) is 5.69 Å². The van der Waals surface area contributed by atoms with Gasteiger partial charge in [0.15, 0.2) is 6.23 Å². The molecule has 1 amide bonds. The number of carbonyl (C=O) groups is 1. The van der Waals surface area contributed by atoms with Gasteiger partial charge in [0.1, 0.15) is 5.82 Å². The number of imidazole rings is 1. The zero-order valence-electron chi connectivity index (χ0n) is 12.8. The minimum Gasteiger partial charge on any atom is -0.392 e. The van der Waals surface area contributed by atoms with Gasteiger partial charge in [-0.3, -0.25) is 4.79 Å². The van der Waals surface area contributed by atoms with Crippen LogP contribution in [0.2, 0.25) is 0 Å². The molecule has 0 aliphatic rings. The molecule has 0 saturated heterocycles. The van der Waals surface area contributed by atoms with E-state index in [9.17, 15) is 14.3 Å². The van der Waals surface area contributed by atoms with Crippen LogP contribution < -0.4 is 10.8 Å². The fourth-order valence-electron chi connectivity index (χ4n) is 2.13. The second-order valence-corrected chi connectivity index (χ2v) is 6.38. The van der Waals surface area contributed by atoms with E-state index in [1.54, 1.807) is 41.3 Å². The Balaban J connectivity index is 1.62. The zero-order chi connectivity index (χ0) is 17.8. The van der Waals surface area contributed by atoms with Crippen molar-refractivity contribution in [2.45, 2.75) is 6.23 Å². The SMILES string of the molecule is O=C(NOC(CO)Nc1ccc(I)cc1F)c1ccc2cncn2c1. The van der Waals surface area contributed by atoms with E-state index < -0.39 is 24.6 Å². The van der Waals surface area contributed by atoms with Gasteiger partial charge in [-0.15, -0.1) is 0 Å². The maximum absolute atomic E-state index is 13.8. The number of aromatic nitrogens is 2. The Hall–Kier alpha value is -2.24. The molecule has 0 aliphatic carbocycles. The number of aliphatic hydroxyl groups is 1. The molecule has 7 nitrogen and oxygen atoms in total. The Kier molecular flexibility index (Phi) is 5.46. The summed E-state index contributed by atoms with van der Waals surface area (Å²) in [6.07, 6.45) is 3.83. The molecule has 3 aromatic rings. The highest BCUT2D eigenvalue weighted by molar-refractivity contribution is 14.1. The number of halogens is 2. The molecular formula is C16H14FIN4O3. The monoisotopic (exact) mass is 456 g/mol.